The zero-order valence-corrected chi connectivity index (χ0v) is 9.81. The van der Waals surface area contributed by atoms with Crippen LogP contribution in [-0.2, 0) is 6.54 Å². The first-order valence-corrected chi connectivity index (χ1v) is 5.44. The van der Waals surface area contributed by atoms with Gasteiger partial charge in [0, 0.05) is 17.4 Å². The first-order chi connectivity index (χ1) is 8.56. The summed E-state index contributed by atoms with van der Waals surface area (Å²) in [6.07, 6.45) is 0. The maximum Gasteiger partial charge on any atom is 0.166 e. The minimum absolute atomic E-state index is 0.0901. The van der Waals surface area contributed by atoms with Crippen molar-refractivity contribution in [2.24, 2.45) is 0 Å². The number of halogens is 1. The highest BCUT2D eigenvalue weighted by Gasteiger charge is 2.05. The van der Waals surface area contributed by atoms with Gasteiger partial charge in [0.25, 0.3) is 0 Å². The summed E-state index contributed by atoms with van der Waals surface area (Å²) in [6.45, 7) is 2.10. The standard InChI is InChI=1S/C13H13FN2O2/c1-8-2-4-13(18)11(16-8)7-15-9-3-5-12(17)10(14)6-9/h2-6,15,17-18H,7H2,1H3. The Hall–Kier alpha value is -2.30. The van der Waals surface area contributed by atoms with Crippen molar-refractivity contribution in [2.45, 2.75) is 13.5 Å². The third-order valence-electron chi connectivity index (χ3n) is 2.50. The molecule has 0 unspecified atom stereocenters. The van der Waals surface area contributed by atoms with Crippen molar-refractivity contribution in [2.75, 3.05) is 5.32 Å². The van der Waals surface area contributed by atoms with Gasteiger partial charge in [-0.2, -0.15) is 0 Å². The van der Waals surface area contributed by atoms with E-state index in [4.69, 9.17) is 5.11 Å². The monoisotopic (exact) mass is 248 g/mol. The van der Waals surface area contributed by atoms with Crippen molar-refractivity contribution in [3.05, 3.63) is 47.5 Å². The van der Waals surface area contributed by atoms with Crippen molar-refractivity contribution >= 4 is 5.69 Å². The lowest BCUT2D eigenvalue weighted by molar-refractivity contribution is 0.432. The van der Waals surface area contributed by atoms with Gasteiger partial charge in [-0.15, -0.1) is 0 Å². The lowest BCUT2D eigenvalue weighted by Crippen LogP contribution is -2.03. The van der Waals surface area contributed by atoms with Gasteiger partial charge in [0.2, 0.25) is 0 Å². The summed E-state index contributed by atoms with van der Waals surface area (Å²) >= 11 is 0. The number of benzene rings is 1. The van der Waals surface area contributed by atoms with Crippen LogP contribution in [0.2, 0.25) is 0 Å². The van der Waals surface area contributed by atoms with Gasteiger partial charge in [0.05, 0.1) is 6.54 Å². The van der Waals surface area contributed by atoms with E-state index in [1.807, 2.05) is 6.92 Å². The van der Waals surface area contributed by atoms with E-state index in [9.17, 15) is 9.50 Å². The Kier molecular flexibility index (Phi) is 3.32. The number of aryl methyl sites for hydroxylation is 1. The maximum atomic E-state index is 13.1. The van der Waals surface area contributed by atoms with Crippen molar-refractivity contribution in [1.82, 2.24) is 4.98 Å². The van der Waals surface area contributed by atoms with Gasteiger partial charge in [-0.3, -0.25) is 4.98 Å². The molecule has 5 heteroatoms. The summed E-state index contributed by atoms with van der Waals surface area (Å²) in [7, 11) is 0. The summed E-state index contributed by atoms with van der Waals surface area (Å²) in [5, 5.41) is 21.6. The van der Waals surface area contributed by atoms with E-state index in [1.165, 1.54) is 12.1 Å². The summed E-state index contributed by atoms with van der Waals surface area (Å²) in [4.78, 5) is 4.17. The van der Waals surface area contributed by atoms with Gasteiger partial charge < -0.3 is 15.5 Å². The number of pyridine rings is 1. The Morgan fingerprint density at radius 3 is 2.61 bits per heavy atom. The molecule has 0 aliphatic rings. The fraction of sp³-hybridized carbons (Fsp3) is 0.154. The molecule has 2 rings (SSSR count). The molecule has 0 aliphatic heterocycles. The molecule has 0 radical (unpaired) electrons. The molecule has 94 valence electrons. The number of aromatic hydroxyl groups is 2. The van der Waals surface area contributed by atoms with E-state index in [2.05, 4.69) is 10.3 Å². The maximum absolute atomic E-state index is 13.1. The average molecular weight is 248 g/mol. The molecule has 0 saturated heterocycles. The Bertz CT molecular complexity index is 573. The van der Waals surface area contributed by atoms with Crippen LogP contribution >= 0.6 is 0 Å². The van der Waals surface area contributed by atoms with E-state index in [-0.39, 0.29) is 12.3 Å². The van der Waals surface area contributed by atoms with Crippen LogP contribution in [-0.4, -0.2) is 15.2 Å². The van der Waals surface area contributed by atoms with Crippen LogP contribution in [0.25, 0.3) is 0 Å². The minimum Gasteiger partial charge on any atom is -0.506 e. The van der Waals surface area contributed by atoms with Crippen LogP contribution in [0.5, 0.6) is 11.5 Å². The highest BCUT2D eigenvalue weighted by molar-refractivity contribution is 5.47. The molecular weight excluding hydrogens is 235 g/mol. The van der Waals surface area contributed by atoms with E-state index in [0.29, 0.717) is 11.4 Å². The van der Waals surface area contributed by atoms with E-state index in [0.717, 1.165) is 5.69 Å². The number of nitrogens with one attached hydrogen (secondary N) is 1. The Labute approximate surface area is 104 Å². The third-order valence-corrected chi connectivity index (χ3v) is 2.50. The lowest BCUT2D eigenvalue weighted by Gasteiger charge is -2.08. The minimum atomic E-state index is -0.693. The lowest BCUT2D eigenvalue weighted by atomic mass is 10.2. The SMILES string of the molecule is Cc1ccc(O)c(CNc2ccc(O)c(F)c2)n1. The predicted molar refractivity (Wildman–Crippen MR) is 66.0 cm³/mol. The number of hydrogen-bond donors (Lipinski definition) is 3. The molecule has 18 heavy (non-hydrogen) atoms. The first-order valence-electron chi connectivity index (χ1n) is 5.44. The Morgan fingerprint density at radius 2 is 1.89 bits per heavy atom. The molecule has 0 fully saturated rings. The quantitative estimate of drug-likeness (QED) is 0.730. The second-order valence-electron chi connectivity index (χ2n) is 3.94. The van der Waals surface area contributed by atoms with E-state index >= 15 is 0 Å². The Balaban J connectivity index is 2.11. The summed E-state index contributed by atoms with van der Waals surface area (Å²) < 4.78 is 13.1. The molecule has 1 heterocycles. The fourth-order valence-electron chi connectivity index (χ4n) is 1.54. The van der Waals surface area contributed by atoms with E-state index in [1.54, 1.807) is 18.2 Å². The third kappa shape index (κ3) is 2.68. The van der Waals surface area contributed by atoms with Crippen LogP contribution in [0, 0.1) is 12.7 Å². The van der Waals surface area contributed by atoms with Gasteiger partial charge in [-0.1, -0.05) is 0 Å². The van der Waals surface area contributed by atoms with Crippen LogP contribution in [0.15, 0.2) is 30.3 Å². The van der Waals surface area contributed by atoms with Crippen molar-refractivity contribution in [3.8, 4) is 11.5 Å². The van der Waals surface area contributed by atoms with Crippen LogP contribution in [0.4, 0.5) is 10.1 Å². The van der Waals surface area contributed by atoms with Gasteiger partial charge in [-0.05, 0) is 31.2 Å². The van der Waals surface area contributed by atoms with Gasteiger partial charge in [0.15, 0.2) is 11.6 Å². The normalized spacial score (nSPS) is 10.3. The fourth-order valence-corrected chi connectivity index (χ4v) is 1.54. The second-order valence-corrected chi connectivity index (χ2v) is 3.94. The zero-order chi connectivity index (χ0) is 13.1. The highest BCUT2D eigenvalue weighted by atomic mass is 19.1. The van der Waals surface area contributed by atoms with Gasteiger partial charge in [-0.25, -0.2) is 4.39 Å². The van der Waals surface area contributed by atoms with Crippen LogP contribution in [0.1, 0.15) is 11.4 Å². The topological polar surface area (TPSA) is 65.4 Å². The van der Waals surface area contributed by atoms with Crippen LogP contribution < -0.4 is 5.32 Å². The molecule has 4 nitrogen and oxygen atoms in total. The smallest absolute Gasteiger partial charge is 0.166 e. The molecule has 0 amide bonds. The van der Waals surface area contributed by atoms with Crippen LogP contribution in [0.3, 0.4) is 0 Å². The number of rotatable bonds is 3. The number of anilines is 1. The summed E-state index contributed by atoms with van der Waals surface area (Å²) in [5.41, 5.74) is 1.79. The molecule has 0 saturated carbocycles. The number of phenolic OH excluding ortho intramolecular Hbond substituents is 1. The molecule has 0 bridgehead atoms. The number of hydrogen-bond acceptors (Lipinski definition) is 4. The molecule has 2 aromatic rings. The number of phenols is 1. The molecular formula is C13H13FN2O2. The molecule has 3 N–H and O–H groups in total. The zero-order valence-electron chi connectivity index (χ0n) is 9.81. The van der Waals surface area contributed by atoms with Crippen molar-refractivity contribution < 1.29 is 14.6 Å². The Morgan fingerprint density at radius 1 is 1.17 bits per heavy atom. The molecule has 1 aromatic carbocycles. The predicted octanol–water partition coefficient (Wildman–Crippen LogP) is 2.55. The summed E-state index contributed by atoms with van der Waals surface area (Å²) in [6, 6.07) is 7.27. The van der Waals surface area contributed by atoms with Crippen molar-refractivity contribution in [1.29, 1.82) is 0 Å². The highest BCUT2D eigenvalue weighted by Crippen LogP contribution is 2.21. The van der Waals surface area contributed by atoms with E-state index < -0.39 is 11.6 Å². The number of aromatic nitrogens is 1. The first kappa shape index (κ1) is 12.2. The number of nitrogens with zero attached hydrogens (tertiary/aromatic N) is 1. The molecule has 0 atom stereocenters. The molecule has 0 spiro atoms. The summed E-state index contributed by atoms with van der Waals surface area (Å²) in [5.74, 6) is -0.995. The largest absolute Gasteiger partial charge is 0.506 e. The average Bonchev–Trinajstić information content (AvgIpc) is 2.34. The van der Waals surface area contributed by atoms with Crippen molar-refractivity contribution in [3.63, 3.8) is 0 Å². The van der Waals surface area contributed by atoms with Gasteiger partial charge >= 0.3 is 0 Å². The second kappa shape index (κ2) is 4.91. The van der Waals surface area contributed by atoms with Gasteiger partial charge in [0.1, 0.15) is 11.4 Å². The molecule has 1 aromatic heterocycles. The molecule has 0 aliphatic carbocycles.